The number of anilines is 2. The summed E-state index contributed by atoms with van der Waals surface area (Å²) in [6.07, 6.45) is 5.90. The average Bonchev–Trinajstić information content (AvgIpc) is 3.40. The predicted octanol–water partition coefficient (Wildman–Crippen LogP) is 3.59. The van der Waals surface area contributed by atoms with Crippen LogP contribution in [-0.4, -0.2) is 40.4 Å². The third kappa shape index (κ3) is 4.07. The summed E-state index contributed by atoms with van der Waals surface area (Å²) in [6, 6.07) is 2.58. The zero-order chi connectivity index (χ0) is 20.4. The number of thioether (sulfide) groups is 1. The number of nitrogens with zero attached hydrogens (tertiary/aromatic N) is 5. The van der Waals surface area contributed by atoms with Crippen LogP contribution in [0.25, 0.3) is 0 Å². The van der Waals surface area contributed by atoms with Crippen molar-refractivity contribution in [2.75, 3.05) is 30.3 Å². The molecule has 4 rings (SSSR count). The number of carbonyl (C=O) groups is 1. The summed E-state index contributed by atoms with van der Waals surface area (Å²) >= 11 is 2.62. The second-order valence-electron chi connectivity index (χ2n) is 7.20. The van der Waals surface area contributed by atoms with Gasteiger partial charge in [-0.3, -0.25) is 4.57 Å². The van der Waals surface area contributed by atoms with Gasteiger partial charge in [0.1, 0.15) is 15.9 Å². The molecule has 1 aliphatic heterocycles. The summed E-state index contributed by atoms with van der Waals surface area (Å²) in [5, 5.41) is 19.6. The van der Waals surface area contributed by atoms with E-state index >= 15 is 0 Å². The van der Waals surface area contributed by atoms with Gasteiger partial charge in [-0.25, -0.2) is 4.79 Å². The zero-order valence-corrected chi connectivity index (χ0v) is 18.0. The molecule has 0 spiro atoms. The van der Waals surface area contributed by atoms with Crippen molar-refractivity contribution in [1.29, 1.82) is 5.26 Å². The molecule has 3 heterocycles. The Labute approximate surface area is 178 Å². The van der Waals surface area contributed by atoms with Gasteiger partial charge in [0.05, 0.1) is 12.2 Å². The number of hydrogen-bond acceptors (Lipinski definition) is 9. The summed E-state index contributed by atoms with van der Waals surface area (Å²) in [5.41, 5.74) is 6.97. The Morgan fingerprint density at radius 2 is 2.10 bits per heavy atom. The molecule has 2 aliphatic rings. The van der Waals surface area contributed by atoms with Gasteiger partial charge < -0.3 is 15.4 Å². The minimum atomic E-state index is -0.432. The normalized spacial score (nSPS) is 16.6. The van der Waals surface area contributed by atoms with Crippen molar-refractivity contribution in [2.45, 2.75) is 56.0 Å². The van der Waals surface area contributed by atoms with Crippen LogP contribution in [-0.2, 0) is 10.5 Å². The van der Waals surface area contributed by atoms with Crippen molar-refractivity contribution in [3.63, 3.8) is 0 Å². The molecule has 1 aliphatic carbocycles. The first-order valence-electron chi connectivity index (χ1n) is 9.95. The Kier molecular flexibility index (Phi) is 5.96. The van der Waals surface area contributed by atoms with Crippen LogP contribution in [0.1, 0.15) is 65.9 Å². The molecule has 0 unspecified atom stereocenters. The monoisotopic (exact) mass is 432 g/mol. The van der Waals surface area contributed by atoms with Crippen LogP contribution in [0.4, 0.5) is 10.9 Å². The number of nitrogens with two attached hydrogens (primary N) is 1. The topological polar surface area (TPSA) is 110 Å². The molecular formula is C19H24N6O2S2. The molecule has 2 aromatic heterocycles. The Balaban J connectivity index is 1.59. The van der Waals surface area contributed by atoms with Crippen molar-refractivity contribution >= 4 is 40.0 Å². The van der Waals surface area contributed by atoms with Gasteiger partial charge in [-0.05, 0) is 39.0 Å². The lowest BCUT2D eigenvalue weighted by Gasteiger charge is -2.27. The largest absolute Gasteiger partial charge is 0.462 e. The van der Waals surface area contributed by atoms with Gasteiger partial charge >= 0.3 is 5.97 Å². The lowest BCUT2D eigenvalue weighted by atomic mass is 10.1. The van der Waals surface area contributed by atoms with Crippen LogP contribution in [0.3, 0.4) is 0 Å². The standard InChI is InChI=1S/C19H24N6O2S2/c1-2-27-17(26)15-14(13(10-20)16(21)29-15)11-28-19-23-22-18(25(19)12-6-7-12)24-8-4-3-5-9-24/h12H,2-9,11,21H2,1H3. The summed E-state index contributed by atoms with van der Waals surface area (Å²) in [7, 11) is 0. The molecular weight excluding hydrogens is 408 g/mol. The summed E-state index contributed by atoms with van der Waals surface area (Å²) in [6.45, 7) is 4.07. The Morgan fingerprint density at radius 3 is 2.76 bits per heavy atom. The van der Waals surface area contributed by atoms with Crippen molar-refractivity contribution in [1.82, 2.24) is 14.8 Å². The fourth-order valence-corrected chi connectivity index (χ4v) is 5.63. The molecule has 0 radical (unpaired) electrons. The lowest BCUT2D eigenvalue weighted by Crippen LogP contribution is -2.31. The molecule has 2 fully saturated rings. The Hall–Kier alpha value is -2.25. The maximum Gasteiger partial charge on any atom is 0.348 e. The number of esters is 1. The molecule has 2 N–H and O–H groups in total. The number of carbonyl (C=O) groups excluding carboxylic acids is 1. The van der Waals surface area contributed by atoms with Crippen LogP contribution >= 0.6 is 23.1 Å². The van der Waals surface area contributed by atoms with Gasteiger partial charge in [0.15, 0.2) is 5.16 Å². The van der Waals surface area contributed by atoms with Crippen LogP contribution in [0, 0.1) is 11.3 Å². The van der Waals surface area contributed by atoms with Crippen molar-refractivity contribution < 1.29 is 9.53 Å². The molecule has 2 aromatic rings. The highest BCUT2D eigenvalue weighted by atomic mass is 32.2. The average molecular weight is 433 g/mol. The van der Waals surface area contributed by atoms with E-state index in [1.165, 1.54) is 31.0 Å². The first-order chi connectivity index (χ1) is 14.1. The van der Waals surface area contributed by atoms with E-state index in [1.54, 1.807) is 6.92 Å². The van der Waals surface area contributed by atoms with Crippen molar-refractivity contribution in [3.05, 3.63) is 16.0 Å². The lowest BCUT2D eigenvalue weighted by molar-refractivity contribution is 0.0531. The second kappa shape index (κ2) is 8.63. The number of nitrogen functional groups attached to an aromatic ring is 1. The van der Waals surface area contributed by atoms with Gasteiger partial charge in [0.2, 0.25) is 5.95 Å². The maximum absolute atomic E-state index is 12.3. The molecule has 1 saturated heterocycles. The van der Waals surface area contributed by atoms with Gasteiger partial charge in [0.25, 0.3) is 0 Å². The fraction of sp³-hybridized carbons (Fsp3) is 0.579. The zero-order valence-electron chi connectivity index (χ0n) is 16.4. The predicted molar refractivity (Wildman–Crippen MR) is 113 cm³/mol. The third-order valence-electron chi connectivity index (χ3n) is 5.15. The van der Waals surface area contributed by atoms with E-state index in [1.807, 2.05) is 0 Å². The molecule has 0 amide bonds. The van der Waals surface area contributed by atoms with Gasteiger partial charge in [-0.1, -0.05) is 11.8 Å². The van der Waals surface area contributed by atoms with E-state index in [0.717, 1.165) is 48.4 Å². The highest BCUT2D eigenvalue weighted by Crippen LogP contribution is 2.43. The van der Waals surface area contributed by atoms with Crippen LogP contribution in [0.2, 0.25) is 0 Å². The smallest absolute Gasteiger partial charge is 0.348 e. The maximum atomic E-state index is 12.3. The number of nitriles is 1. The highest BCUT2D eigenvalue weighted by molar-refractivity contribution is 7.98. The Bertz CT molecular complexity index is 937. The minimum Gasteiger partial charge on any atom is -0.462 e. The fourth-order valence-electron chi connectivity index (χ4n) is 3.57. The number of hydrogen-bond donors (Lipinski definition) is 1. The van der Waals surface area contributed by atoms with Gasteiger partial charge in [0, 0.05) is 30.4 Å². The van der Waals surface area contributed by atoms with E-state index in [9.17, 15) is 10.1 Å². The number of thiophene rings is 1. The summed E-state index contributed by atoms with van der Waals surface area (Å²) in [5.74, 6) is 0.944. The summed E-state index contributed by atoms with van der Waals surface area (Å²) in [4.78, 5) is 15.1. The number of ether oxygens (including phenoxy) is 1. The molecule has 1 saturated carbocycles. The number of piperidine rings is 1. The van der Waals surface area contributed by atoms with Crippen LogP contribution in [0.5, 0.6) is 0 Å². The molecule has 0 aromatic carbocycles. The highest BCUT2D eigenvalue weighted by Gasteiger charge is 2.32. The van der Waals surface area contributed by atoms with E-state index in [0.29, 0.717) is 32.8 Å². The van der Waals surface area contributed by atoms with Gasteiger partial charge in [-0.2, -0.15) is 5.26 Å². The van der Waals surface area contributed by atoms with E-state index < -0.39 is 5.97 Å². The van der Waals surface area contributed by atoms with Gasteiger partial charge in [-0.15, -0.1) is 21.5 Å². The SMILES string of the molecule is CCOC(=O)c1sc(N)c(C#N)c1CSc1nnc(N2CCCCC2)n1C1CC1. The summed E-state index contributed by atoms with van der Waals surface area (Å²) < 4.78 is 7.38. The molecule has 10 heteroatoms. The van der Waals surface area contributed by atoms with Crippen molar-refractivity contribution in [3.8, 4) is 6.07 Å². The van der Waals surface area contributed by atoms with Crippen molar-refractivity contribution in [2.24, 2.45) is 0 Å². The first-order valence-corrected chi connectivity index (χ1v) is 11.7. The molecule has 154 valence electrons. The third-order valence-corrected chi connectivity index (χ3v) is 7.16. The number of aromatic nitrogens is 3. The minimum absolute atomic E-state index is 0.278. The first kappa shape index (κ1) is 20.0. The molecule has 8 nitrogen and oxygen atoms in total. The molecule has 29 heavy (non-hydrogen) atoms. The van der Waals surface area contributed by atoms with E-state index in [2.05, 4.69) is 25.7 Å². The number of rotatable bonds is 7. The quantitative estimate of drug-likeness (QED) is 0.522. The van der Waals surface area contributed by atoms with E-state index in [-0.39, 0.29) is 6.61 Å². The van der Waals surface area contributed by atoms with Crippen LogP contribution in [0.15, 0.2) is 5.16 Å². The molecule has 0 bridgehead atoms. The Morgan fingerprint density at radius 1 is 1.34 bits per heavy atom. The van der Waals surface area contributed by atoms with E-state index in [4.69, 9.17) is 10.5 Å². The van der Waals surface area contributed by atoms with Crippen LogP contribution < -0.4 is 10.6 Å². The molecule has 0 atom stereocenters. The second-order valence-corrected chi connectivity index (χ2v) is 9.20.